The summed E-state index contributed by atoms with van der Waals surface area (Å²) in [5, 5.41) is 0. The second-order valence-corrected chi connectivity index (χ2v) is 1.84. The van der Waals surface area contributed by atoms with Crippen LogP contribution in [0.3, 0.4) is 0 Å². The topological polar surface area (TPSA) is 43.4 Å². The molecule has 0 aliphatic rings. The Morgan fingerprint density at radius 3 is 2.30 bits per heavy atom. The molecule has 0 saturated heterocycles. The molecule has 0 aromatic carbocycles. The van der Waals surface area contributed by atoms with Crippen LogP contribution in [-0.2, 0) is 14.3 Å². The number of esters is 2. The highest BCUT2D eigenvalue weighted by Gasteiger charge is 2.07. The molecule has 0 radical (unpaired) electrons. The maximum atomic E-state index is 10.6. The van der Waals surface area contributed by atoms with Gasteiger partial charge in [0.05, 0.1) is 0 Å². The number of hydrogen-bond donors (Lipinski definition) is 0. The van der Waals surface area contributed by atoms with E-state index in [0.717, 1.165) is 0 Å². The van der Waals surface area contributed by atoms with Crippen LogP contribution in [0.1, 0.15) is 20.3 Å². The summed E-state index contributed by atoms with van der Waals surface area (Å²) in [4.78, 5) is 20.8. The Balaban J connectivity index is 3.86. The second kappa shape index (κ2) is 3.82. The van der Waals surface area contributed by atoms with Crippen LogP contribution in [0.25, 0.3) is 0 Å². The lowest BCUT2D eigenvalue weighted by atomic mass is 10.2. The van der Waals surface area contributed by atoms with E-state index in [-0.39, 0.29) is 0 Å². The first-order chi connectivity index (χ1) is 4.57. The average Bonchev–Trinajstić information content (AvgIpc) is 1.85. The van der Waals surface area contributed by atoms with Gasteiger partial charge in [-0.05, 0) is 6.42 Å². The molecule has 0 fully saturated rings. The summed E-state index contributed by atoms with van der Waals surface area (Å²) in [5.41, 5.74) is 0.315. The van der Waals surface area contributed by atoms with E-state index in [4.69, 9.17) is 0 Å². The molecule has 0 spiro atoms. The fourth-order valence-corrected chi connectivity index (χ4v) is 0.347. The molecule has 0 aromatic heterocycles. The predicted molar refractivity (Wildman–Crippen MR) is 36.2 cm³/mol. The first-order valence-electron chi connectivity index (χ1n) is 2.98. The van der Waals surface area contributed by atoms with Gasteiger partial charge in [0, 0.05) is 12.5 Å². The SMILES string of the molecule is C=C(CC)C(=O)OC(C)=O. The van der Waals surface area contributed by atoms with Crippen molar-refractivity contribution >= 4 is 11.9 Å². The summed E-state index contributed by atoms with van der Waals surface area (Å²) >= 11 is 0. The van der Waals surface area contributed by atoms with E-state index in [0.29, 0.717) is 12.0 Å². The Labute approximate surface area is 59.7 Å². The fourth-order valence-electron chi connectivity index (χ4n) is 0.347. The molecule has 0 aliphatic carbocycles. The van der Waals surface area contributed by atoms with Crippen LogP contribution in [0.15, 0.2) is 12.2 Å². The van der Waals surface area contributed by atoms with Crippen LogP contribution < -0.4 is 0 Å². The van der Waals surface area contributed by atoms with Crippen LogP contribution in [-0.4, -0.2) is 11.9 Å². The molecule has 0 aromatic rings. The van der Waals surface area contributed by atoms with Crippen LogP contribution in [0.4, 0.5) is 0 Å². The van der Waals surface area contributed by atoms with Crippen molar-refractivity contribution in [3.8, 4) is 0 Å². The molecular weight excluding hydrogens is 132 g/mol. The zero-order valence-electron chi connectivity index (χ0n) is 6.14. The normalized spacial score (nSPS) is 8.60. The monoisotopic (exact) mass is 142 g/mol. The van der Waals surface area contributed by atoms with Gasteiger partial charge in [0.2, 0.25) is 0 Å². The Morgan fingerprint density at radius 2 is 2.00 bits per heavy atom. The summed E-state index contributed by atoms with van der Waals surface area (Å²) in [7, 11) is 0. The molecule has 0 heterocycles. The molecule has 0 rings (SSSR count). The van der Waals surface area contributed by atoms with Crippen LogP contribution in [0.5, 0.6) is 0 Å². The molecule has 0 N–H and O–H groups in total. The molecule has 0 atom stereocenters. The van der Waals surface area contributed by atoms with E-state index in [2.05, 4.69) is 11.3 Å². The number of carbonyl (C=O) groups is 2. The highest BCUT2D eigenvalue weighted by molar-refractivity contribution is 5.94. The number of carbonyl (C=O) groups excluding carboxylic acids is 2. The van der Waals surface area contributed by atoms with Crippen molar-refractivity contribution in [3.63, 3.8) is 0 Å². The molecular formula is C7H10O3. The molecule has 0 bridgehead atoms. The summed E-state index contributed by atoms with van der Waals surface area (Å²) in [5.74, 6) is -1.23. The van der Waals surface area contributed by atoms with Gasteiger partial charge < -0.3 is 4.74 Å². The van der Waals surface area contributed by atoms with Gasteiger partial charge in [-0.15, -0.1) is 0 Å². The van der Waals surface area contributed by atoms with E-state index >= 15 is 0 Å². The average molecular weight is 142 g/mol. The van der Waals surface area contributed by atoms with Crippen LogP contribution >= 0.6 is 0 Å². The molecule has 3 heteroatoms. The van der Waals surface area contributed by atoms with Crippen molar-refractivity contribution in [1.29, 1.82) is 0 Å². The van der Waals surface area contributed by atoms with Crippen molar-refractivity contribution in [2.45, 2.75) is 20.3 Å². The molecule has 56 valence electrons. The van der Waals surface area contributed by atoms with Crippen molar-refractivity contribution in [2.75, 3.05) is 0 Å². The zero-order valence-corrected chi connectivity index (χ0v) is 6.14. The summed E-state index contributed by atoms with van der Waals surface area (Å²) in [6.07, 6.45) is 0.506. The van der Waals surface area contributed by atoms with Crippen molar-refractivity contribution in [2.24, 2.45) is 0 Å². The lowest BCUT2D eigenvalue weighted by Gasteiger charge is -1.98. The second-order valence-electron chi connectivity index (χ2n) is 1.84. The summed E-state index contributed by atoms with van der Waals surface area (Å²) in [6, 6.07) is 0. The van der Waals surface area contributed by atoms with Crippen molar-refractivity contribution in [1.82, 2.24) is 0 Å². The third-order valence-electron chi connectivity index (χ3n) is 0.952. The highest BCUT2D eigenvalue weighted by atomic mass is 16.6. The lowest BCUT2D eigenvalue weighted by molar-refractivity contribution is -0.155. The molecule has 0 unspecified atom stereocenters. The first kappa shape index (κ1) is 8.88. The van der Waals surface area contributed by atoms with E-state index in [1.807, 2.05) is 0 Å². The van der Waals surface area contributed by atoms with E-state index in [1.54, 1.807) is 6.92 Å². The number of rotatable bonds is 2. The largest absolute Gasteiger partial charge is 0.390 e. The third kappa shape index (κ3) is 3.02. The molecule has 0 amide bonds. The smallest absolute Gasteiger partial charge is 0.341 e. The van der Waals surface area contributed by atoms with Gasteiger partial charge in [0.25, 0.3) is 0 Å². The lowest BCUT2D eigenvalue weighted by Crippen LogP contribution is -2.10. The van der Waals surface area contributed by atoms with Crippen molar-refractivity contribution in [3.05, 3.63) is 12.2 Å². The standard InChI is InChI=1S/C7H10O3/c1-4-5(2)7(9)10-6(3)8/h2,4H2,1,3H3. The molecule has 10 heavy (non-hydrogen) atoms. The maximum Gasteiger partial charge on any atom is 0.341 e. The Kier molecular flexibility index (Phi) is 3.39. The van der Waals surface area contributed by atoms with Gasteiger partial charge in [-0.1, -0.05) is 13.5 Å². The Bertz CT molecular complexity index is 170. The van der Waals surface area contributed by atoms with Crippen LogP contribution in [0, 0.1) is 0 Å². The first-order valence-corrected chi connectivity index (χ1v) is 2.98. The van der Waals surface area contributed by atoms with Gasteiger partial charge in [0.1, 0.15) is 0 Å². The highest BCUT2D eigenvalue weighted by Crippen LogP contribution is 1.98. The number of hydrogen-bond acceptors (Lipinski definition) is 3. The van der Waals surface area contributed by atoms with Gasteiger partial charge in [-0.25, -0.2) is 4.79 Å². The minimum absolute atomic E-state index is 0.315. The quantitative estimate of drug-likeness (QED) is 0.328. The third-order valence-corrected chi connectivity index (χ3v) is 0.952. The van der Waals surface area contributed by atoms with Gasteiger partial charge in [-0.2, -0.15) is 0 Å². The molecule has 3 nitrogen and oxygen atoms in total. The van der Waals surface area contributed by atoms with E-state index in [9.17, 15) is 9.59 Å². The Morgan fingerprint density at radius 1 is 1.50 bits per heavy atom. The van der Waals surface area contributed by atoms with E-state index in [1.165, 1.54) is 6.92 Å². The zero-order chi connectivity index (χ0) is 8.15. The molecule has 0 aliphatic heterocycles. The Hall–Kier alpha value is -1.12. The minimum atomic E-state index is -0.630. The number of ether oxygens (including phenoxy) is 1. The maximum absolute atomic E-state index is 10.6. The van der Waals surface area contributed by atoms with Crippen molar-refractivity contribution < 1.29 is 14.3 Å². The van der Waals surface area contributed by atoms with Gasteiger partial charge in [-0.3, -0.25) is 4.79 Å². The van der Waals surface area contributed by atoms with Gasteiger partial charge >= 0.3 is 11.9 Å². The van der Waals surface area contributed by atoms with Crippen LogP contribution in [0.2, 0.25) is 0 Å². The van der Waals surface area contributed by atoms with E-state index < -0.39 is 11.9 Å². The summed E-state index contributed by atoms with van der Waals surface area (Å²) in [6.45, 7) is 6.35. The molecule has 0 saturated carbocycles. The summed E-state index contributed by atoms with van der Waals surface area (Å²) < 4.78 is 4.23. The van der Waals surface area contributed by atoms with Gasteiger partial charge in [0.15, 0.2) is 0 Å². The fraction of sp³-hybridized carbons (Fsp3) is 0.429. The minimum Gasteiger partial charge on any atom is -0.390 e. The predicted octanol–water partition coefficient (Wildman–Crippen LogP) is 1.04.